The number of nitrogens with one attached hydrogen (secondary N) is 1. The lowest BCUT2D eigenvalue weighted by Gasteiger charge is -2.23. The average molecular weight is 288 g/mol. The topological polar surface area (TPSA) is 35.5 Å². The van der Waals surface area contributed by atoms with Gasteiger partial charge in [0.2, 0.25) is 0 Å². The highest BCUT2D eigenvalue weighted by Gasteiger charge is 2.11. The van der Waals surface area contributed by atoms with Crippen LogP contribution in [-0.4, -0.2) is 25.7 Å². The first-order valence-corrected chi connectivity index (χ1v) is 7.03. The lowest BCUT2D eigenvalue weighted by Crippen LogP contribution is -2.25. The van der Waals surface area contributed by atoms with Crippen LogP contribution in [0.5, 0.6) is 5.75 Å². The predicted octanol–water partition coefficient (Wildman–Crippen LogP) is 3.32. The summed E-state index contributed by atoms with van der Waals surface area (Å²) < 4.78 is 13.3. The Morgan fingerprint density at radius 1 is 1.19 bits per heavy atom. The van der Waals surface area contributed by atoms with E-state index < -0.39 is 0 Å². The third-order valence-corrected chi connectivity index (χ3v) is 3.64. The number of phenolic OH excluding ortho intramolecular Hbond substituents is 1. The zero-order valence-electron chi connectivity index (χ0n) is 12.4. The maximum absolute atomic E-state index is 13.3. The number of anilines is 1. The summed E-state index contributed by atoms with van der Waals surface area (Å²) in [7, 11) is 3.89. The van der Waals surface area contributed by atoms with Crippen LogP contribution >= 0.6 is 0 Å². The van der Waals surface area contributed by atoms with E-state index in [2.05, 4.69) is 10.2 Å². The van der Waals surface area contributed by atoms with Gasteiger partial charge in [-0.25, -0.2) is 4.39 Å². The van der Waals surface area contributed by atoms with Gasteiger partial charge in [-0.15, -0.1) is 0 Å². The molecule has 0 aliphatic heterocycles. The summed E-state index contributed by atoms with van der Waals surface area (Å²) in [6.45, 7) is 0.826. The first-order valence-electron chi connectivity index (χ1n) is 7.03. The maximum Gasteiger partial charge on any atom is 0.123 e. The SMILES string of the molecule is CNC(CCN(C)c1ccc(O)cc1)c1cccc(F)c1. The Labute approximate surface area is 125 Å². The first-order chi connectivity index (χ1) is 10.1. The quantitative estimate of drug-likeness (QED) is 0.856. The molecule has 2 N–H and O–H groups in total. The number of hydrogen-bond acceptors (Lipinski definition) is 3. The van der Waals surface area contributed by atoms with Crippen LogP contribution in [0.25, 0.3) is 0 Å². The number of aromatic hydroxyl groups is 1. The summed E-state index contributed by atoms with van der Waals surface area (Å²) in [6, 6.07) is 13.9. The second-order valence-corrected chi connectivity index (χ2v) is 5.12. The van der Waals surface area contributed by atoms with Crippen molar-refractivity contribution in [3.05, 3.63) is 59.9 Å². The van der Waals surface area contributed by atoms with Gasteiger partial charge in [-0.2, -0.15) is 0 Å². The monoisotopic (exact) mass is 288 g/mol. The highest BCUT2D eigenvalue weighted by atomic mass is 19.1. The minimum Gasteiger partial charge on any atom is -0.508 e. The van der Waals surface area contributed by atoms with Gasteiger partial charge in [-0.1, -0.05) is 12.1 Å². The predicted molar refractivity (Wildman–Crippen MR) is 84.2 cm³/mol. The fourth-order valence-corrected chi connectivity index (χ4v) is 2.36. The molecule has 0 aromatic heterocycles. The lowest BCUT2D eigenvalue weighted by atomic mass is 10.0. The molecule has 0 heterocycles. The second-order valence-electron chi connectivity index (χ2n) is 5.12. The summed E-state index contributed by atoms with van der Waals surface area (Å²) in [5.41, 5.74) is 2.00. The van der Waals surface area contributed by atoms with Crippen molar-refractivity contribution in [3.63, 3.8) is 0 Å². The molecule has 0 saturated heterocycles. The van der Waals surface area contributed by atoms with Crippen LogP contribution in [0.4, 0.5) is 10.1 Å². The molecule has 0 aliphatic rings. The van der Waals surface area contributed by atoms with Gasteiger partial charge in [0.1, 0.15) is 11.6 Å². The Bertz CT molecular complexity index is 571. The zero-order valence-corrected chi connectivity index (χ0v) is 12.4. The van der Waals surface area contributed by atoms with Crippen LogP contribution in [0.3, 0.4) is 0 Å². The van der Waals surface area contributed by atoms with Gasteiger partial charge in [0.15, 0.2) is 0 Å². The van der Waals surface area contributed by atoms with Crippen molar-refractivity contribution in [1.29, 1.82) is 0 Å². The van der Waals surface area contributed by atoms with E-state index in [0.717, 1.165) is 24.2 Å². The Hall–Kier alpha value is -2.07. The van der Waals surface area contributed by atoms with Gasteiger partial charge in [-0.3, -0.25) is 0 Å². The molecule has 2 aromatic rings. The van der Waals surface area contributed by atoms with E-state index in [9.17, 15) is 9.50 Å². The molecule has 1 atom stereocenters. The number of phenols is 1. The Morgan fingerprint density at radius 3 is 2.52 bits per heavy atom. The van der Waals surface area contributed by atoms with Gasteiger partial charge in [0.05, 0.1) is 0 Å². The molecule has 1 unspecified atom stereocenters. The average Bonchev–Trinajstić information content (AvgIpc) is 2.48. The van der Waals surface area contributed by atoms with Gasteiger partial charge < -0.3 is 15.3 Å². The van der Waals surface area contributed by atoms with Crippen LogP contribution < -0.4 is 10.2 Å². The van der Waals surface area contributed by atoms with E-state index >= 15 is 0 Å². The number of hydrogen-bond donors (Lipinski definition) is 2. The second kappa shape index (κ2) is 7.09. The van der Waals surface area contributed by atoms with Crippen molar-refractivity contribution in [2.24, 2.45) is 0 Å². The molecule has 4 heteroatoms. The van der Waals surface area contributed by atoms with Crippen molar-refractivity contribution in [3.8, 4) is 5.75 Å². The van der Waals surface area contributed by atoms with E-state index in [1.165, 1.54) is 6.07 Å². The van der Waals surface area contributed by atoms with Crippen molar-refractivity contribution in [2.75, 3.05) is 25.5 Å². The van der Waals surface area contributed by atoms with Crippen LogP contribution in [0.2, 0.25) is 0 Å². The molecular formula is C17H21FN2O. The third kappa shape index (κ3) is 4.20. The van der Waals surface area contributed by atoms with Crippen molar-refractivity contribution < 1.29 is 9.50 Å². The molecular weight excluding hydrogens is 267 g/mol. The van der Waals surface area contributed by atoms with Crippen LogP contribution in [0.15, 0.2) is 48.5 Å². The van der Waals surface area contributed by atoms with E-state index in [1.54, 1.807) is 24.3 Å². The largest absolute Gasteiger partial charge is 0.508 e. The Morgan fingerprint density at radius 2 is 1.90 bits per heavy atom. The van der Waals surface area contributed by atoms with Crippen LogP contribution in [0, 0.1) is 5.82 Å². The molecule has 2 rings (SSSR count). The number of benzene rings is 2. The van der Waals surface area contributed by atoms with E-state index in [-0.39, 0.29) is 17.6 Å². The molecule has 112 valence electrons. The molecule has 0 amide bonds. The summed E-state index contributed by atoms with van der Waals surface area (Å²) in [5, 5.41) is 12.5. The third-order valence-electron chi connectivity index (χ3n) is 3.64. The van der Waals surface area contributed by atoms with E-state index in [1.807, 2.05) is 32.3 Å². The van der Waals surface area contributed by atoms with Gasteiger partial charge >= 0.3 is 0 Å². The van der Waals surface area contributed by atoms with Gasteiger partial charge in [0, 0.05) is 25.3 Å². The van der Waals surface area contributed by atoms with Crippen molar-refractivity contribution in [2.45, 2.75) is 12.5 Å². The highest BCUT2D eigenvalue weighted by Crippen LogP contribution is 2.21. The highest BCUT2D eigenvalue weighted by molar-refractivity contribution is 5.48. The first kappa shape index (κ1) is 15.3. The lowest BCUT2D eigenvalue weighted by molar-refractivity contribution is 0.475. The van der Waals surface area contributed by atoms with Crippen LogP contribution in [-0.2, 0) is 0 Å². The van der Waals surface area contributed by atoms with Crippen LogP contribution in [0.1, 0.15) is 18.0 Å². The van der Waals surface area contributed by atoms with Gasteiger partial charge in [-0.05, 0) is 55.4 Å². The van der Waals surface area contributed by atoms with Gasteiger partial charge in [0.25, 0.3) is 0 Å². The minimum absolute atomic E-state index is 0.111. The molecule has 0 bridgehead atoms. The summed E-state index contributed by atoms with van der Waals surface area (Å²) in [6.07, 6.45) is 0.858. The molecule has 3 nitrogen and oxygen atoms in total. The fourth-order valence-electron chi connectivity index (χ4n) is 2.36. The summed E-state index contributed by atoms with van der Waals surface area (Å²) >= 11 is 0. The normalized spacial score (nSPS) is 12.1. The Kier molecular flexibility index (Phi) is 5.17. The number of nitrogens with zero attached hydrogens (tertiary/aromatic N) is 1. The van der Waals surface area contributed by atoms with Crippen molar-refractivity contribution in [1.82, 2.24) is 5.32 Å². The fraction of sp³-hybridized carbons (Fsp3) is 0.294. The molecule has 2 aromatic carbocycles. The zero-order chi connectivity index (χ0) is 15.2. The maximum atomic E-state index is 13.3. The molecule has 0 aliphatic carbocycles. The summed E-state index contributed by atoms with van der Waals surface area (Å²) in [5.74, 6) is 0.0552. The standard InChI is InChI=1S/C17H21FN2O/c1-19-17(13-4-3-5-14(18)12-13)10-11-20(2)15-6-8-16(21)9-7-15/h3-9,12,17,19,21H,10-11H2,1-2H3. The molecule has 0 saturated carbocycles. The van der Waals surface area contributed by atoms with E-state index in [4.69, 9.17) is 0 Å². The molecule has 0 spiro atoms. The Balaban J connectivity index is 1.98. The molecule has 0 fully saturated rings. The summed E-state index contributed by atoms with van der Waals surface area (Å²) in [4.78, 5) is 2.11. The van der Waals surface area contributed by atoms with Crippen molar-refractivity contribution >= 4 is 5.69 Å². The molecule has 21 heavy (non-hydrogen) atoms. The van der Waals surface area contributed by atoms with E-state index in [0.29, 0.717) is 0 Å². The number of rotatable bonds is 6. The number of halogens is 1. The molecule has 0 radical (unpaired) electrons. The smallest absolute Gasteiger partial charge is 0.123 e. The minimum atomic E-state index is -0.209.